The molecule has 0 saturated heterocycles. The van der Waals surface area contributed by atoms with Crippen LogP contribution in [-0.4, -0.2) is 16.7 Å². The molecule has 0 aliphatic rings. The van der Waals surface area contributed by atoms with Crippen molar-refractivity contribution in [2.24, 2.45) is 12.8 Å². The number of nitrogens with zero attached hydrogens (tertiary/aromatic N) is 2. The highest BCUT2D eigenvalue weighted by Crippen LogP contribution is 2.34. The summed E-state index contributed by atoms with van der Waals surface area (Å²) in [6, 6.07) is 4.21. The fourth-order valence-electron chi connectivity index (χ4n) is 2.30. The smallest absolute Gasteiger partial charge is 0.128 e. The van der Waals surface area contributed by atoms with E-state index in [-0.39, 0.29) is 0 Å². The van der Waals surface area contributed by atoms with Gasteiger partial charge in [0, 0.05) is 19.2 Å². The lowest BCUT2D eigenvalue weighted by molar-refractivity contribution is 0.415. The van der Waals surface area contributed by atoms with Crippen LogP contribution in [0.4, 0.5) is 0 Å². The lowest BCUT2D eigenvalue weighted by Crippen LogP contribution is -2.02. The molecule has 0 aliphatic heterocycles. The van der Waals surface area contributed by atoms with Gasteiger partial charge in [-0.2, -0.15) is 0 Å². The first-order chi connectivity index (χ1) is 8.99. The Bertz CT molecular complexity index is 614. The maximum Gasteiger partial charge on any atom is 0.128 e. The summed E-state index contributed by atoms with van der Waals surface area (Å²) in [6.45, 7) is 6.59. The van der Waals surface area contributed by atoms with Gasteiger partial charge in [-0.3, -0.25) is 0 Å². The van der Waals surface area contributed by atoms with E-state index in [9.17, 15) is 0 Å². The second kappa shape index (κ2) is 5.05. The Kier molecular flexibility index (Phi) is 3.62. The summed E-state index contributed by atoms with van der Waals surface area (Å²) in [6.07, 6.45) is 0. The van der Waals surface area contributed by atoms with Crippen LogP contribution in [0.15, 0.2) is 12.1 Å². The van der Waals surface area contributed by atoms with Crippen molar-refractivity contribution in [3.05, 3.63) is 34.8 Å². The summed E-state index contributed by atoms with van der Waals surface area (Å²) in [7, 11) is 3.70. The molecule has 0 saturated carbocycles. The van der Waals surface area contributed by atoms with Crippen molar-refractivity contribution in [1.29, 1.82) is 0 Å². The van der Waals surface area contributed by atoms with Gasteiger partial charge in [0.2, 0.25) is 0 Å². The molecule has 0 amide bonds. The lowest BCUT2D eigenvalue weighted by atomic mass is 10.0. The molecule has 0 fully saturated rings. The van der Waals surface area contributed by atoms with Gasteiger partial charge < -0.3 is 15.0 Å². The third-order valence-corrected chi connectivity index (χ3v) is 3.66. The average molecular weight is 259 g/mol. The highest BCUT2D eigenvalue weighted by Gasteiger charge is 2.17. The molecule has 1 aromatic heterocycles. The first kappa shape index (κ1) is 13.6. The minimum atomic E-state index is 0.424. The fourth-order valence-corrected chi connectivity index (χ4v) is 2.30. The summed E-state index contributed by atoms with van der Waals surface area (Å²) in [5.41, 5.74) is 11.3. The van der Waals surface area contributed by atoms with E-state index in [1.54, 1.807) is 7.11 Å². The van der Waals surface area contributed by atoms with Crippen molar-refractivity contribution in [1.82, 2.24) is 9.55 Å². The van der Waals surface area contributed by atoms with E-state index < -0.39 is 0 Å². The molecular formula is C15H21N3O. The number of ether oxygens (including phenoxy) is 1. The lowest BCUT2D eigenvalue weighted by Gasteiger charge is -2.14. The van der Waals surface area contributed by atoms with Crippen molar-refractivity contribution in [2.75, 3.05) is 7.11 Å². The first-order valence-electron chi connectivity index (χ1n) is 6.37. The molecule has 0 unspecified atom stereocenters. The highest BCUT2D eigenvalue weighted by atomic mass is 16.5. The van der Waals surface area contributed by atoms with Crippen LogP contribution >= 0.6 is 0 Å². The zero-order valence-corrected chi connectivity index (χ0v) is 12.2. The van der Waals surface area contributed by atoms with E-state index >= 15 is 0 Å². The van der Waals surface area contributed by atoms with Gasteiger partial charge in [0.15, 0.2) is 0 Å². The first-order valence-corrected chi connectivity index (χ1v) is 6.37. The minimum absolute atomic E-state index is 0.424. The standard InChI is InChI=1S/C15H21N3O/c1-9-6-12(14(19-5)7-10(9)2)15-13(8-16)17-11(3)18(15)4/h6-7H,8,16H2,1-5H3. The van der Waals surface area contributed by atoms with Crippen molar-refractivity contribution < 1.29 is 4.74 Å². The van der Waals surface area contributed by atoms with Crippen molar-refractivity contribution in [2.45, 2.75) is 27.3 Å². The summed E-state index contributed by atoms with van der Waals surface area (Å²) in [5, 5.41) is 0. The number of rotatable bonds is 3. The Morgan fingerprint density at radius 1 is 1.21 bits per heavy atom. The Morgan fingerprint density at radius 3 is 2.42 bits per heavy atom. The van der Waals surface area contributed by atoms with Crippen molar-refractivity contribution in [3.8, 4) is 17.0 Å². The molecule has 2 rings (SSSR count). The van der Waals surface area contributed by atoms with Crippen LogP contribution in [0.1, 0.15) is 22.6 Å². The van der Waals surface area contributed by atoms with E-state index in [1.165, 1.54) is 11.1 Å². The van der Waals surface area contributed by atoms with Crippen LogP contribution < -0.4 is 10.5 Å². The van der Waals surface area contributed by atoms with Crippen molar-refractivity contribution >= 4 is 0 Å². The molecule has 0 radical (unpaired) electrons. The largest absolute Gasteiger partial charge is 0.496 e. The van der Waals surface area contributed by atoms with Crippen LogP contribution in [0.25, 0.3) is 11.3 Å². The number of aromatic nitrogens is 2. The number of hydrogen-bond acceptors (Lipinski definition) is 3. The Balaban J connectivity index is 2.74. The number of nitrogens with two attached hydrogens (primary N) is 1. The molecule has 0 spiro atoms. The second-order valence-electron chi connectivity index (χ2n) is 4.85. The molecule has 0 atom stereocenters. The molecule has 4 heteroatoms. The second-order valence-corrected chi connectivity index (χ2v) is 4.85. The summed E-state index contributed by atoms with van der Waals surface area (Å²) < 4.78 is 7.58. The predicted octanol–water partition coefficient (Wildman–Crippen LogP) is 2.48. The molecule has 0 bridgehead atoms. The van der Waals surface area contributed by atoms with Gasteiger partial charge in [-0.15, -0.1) is 0 Å². The molecule has 1 aromatic carbocycles. The van der Waals surface area contributed by atoms with Gasteiger partial charge in [-0.1, -0.05) is 0 Å². The number of hydrogen-bond donors (Lipinski definition) is 1. The fraction of sp³-hybridized carbons (Fsp3) is 0.400. The van der Waals surface area contributed by atoms with Gasteiger partial charge in [0.1, 0.15) is 11.6 Å². The van der Waals surface area contributed by atoms with E-state index in [4.69, 9.17) is 10.5 Å². The van der Waals surface area contributed by atoms with Gasteiger partial charge in [-0.25, -0.2) is 4.98 Å². The molecular weight excluding hydrogens is 238 g/mol. The predicted molar refractivity (Wildman–Crippen MR) is 77.3 cm³/mol. The number of aryl methyl sites for hydroxylation is 3. The van der Waals surface area contributed by atoms with E-state index in [0.717, 1.165) is 28.5 Å². The highest BCUT2D eigenvalue weighted by molar-refractivity contribution is 5.71. The molecule has 19 heavy (non-hydrogen) atoms. The third-order valence-electron chi connectivity index (χ3n) is 3.66. The monoisotopic (exact) mass is 259 g/mol. The Labute approximate surface area is 114 Å². The average Bonchev–Trinajstić information content (AvgIpc) is 2.68. The summed E-state index contributed by atoms with van der Waals surface area (Å²) >= 11 is 0. The van der Waals surface area contributed by atoms with E-state index in [0.29, 0.717) is 6.54 Å². The van der Waals surface area contributed by atoms with E-state index in [1.807, 2.05) is 14.0 Å². The molecule has 4 nitrogen and oxygen atoms in total. The molecule has 102 valence electrons. The van der Waals surface area contributed by atoms with Gasteiger partial charge in [0.25, 0.3) is 0 Å². The van der Waals surface area contributed by atoms with Crippen LogP contribution in [0.2, 0.25) is 0 Å². The maximum absolute atomic E-state index is 5.81. The number of benzene rings is 1. The molecule has 2 N–H and O–H groups in total. The summed E-state index contributed by atoms with van der Waals surface area (Å²) in [5.74, 6) is 1.82. The minimum Gasteiger partial charge on any atom is -0.496 e. The van der Waals surface area contributed by atoms with Crippen LogP contribution in [0.3, 0.4) is 0 Å². The third kappa shape index (κ3) is 2.24. The number of methoxy groups -OCH3 is 1. The maximum atomic E-state index is 5.81. The Hall–Kier alpha value is -1.81. The van der Waals surface area contributed by atoms with E-state index in [2.05, 4.69) is 35.5 Å². The quantitative estimate of drug-likeness (QED) is 0.921. The SMILES string of the molecule is COc1cc(C)c(C)cc1-c1c(CN)nc(C)n1C. The normalized spacial score (nSPS) is 10.8. The van der Waals surface area contributed by atoms with Gasteiger partial charge >= 0.3 is 0 Å². The van der Waals surface area contributed by atoms with Gasteiger partial charge in [-0.05, 0) is 44.0 Å². The Morgan fingerprint density at radius 2 is 1.84 bits per heavy atom. The van der Waals surface area contributed by atoms with Crippen LogP contribution in [0.5, 0.6) is 5.75 Å². The molecule has 2 aromatic rings. The summed E-state index contributed by atoms with van der Waals surface area (Å²) in [4.78, 5) is 4.51. The van der Waals surface area contributed by atoms with Crippen molar-refractivity contribution in [3.63, 3.8) is 0 Å². The zero-order chi connectivity index (χ0) is 14.2. The number of imidazole rings is 1. The topological polar surface area (TPSA) is 53.1 Å². The van der Waals surface area contributed by atoms with Crippen LogP contribution in [-0.2, 0) is 13.6 Å². The van der Waals surface area contributed by atoms with Gasteiger partial charge in [0.05, 0.1) is 18.5 Å². The zero-order valence-electron chi connectivity index (χ0n) is 12.2. The molecule has 1 heterocycles. The van der Waals surface area contributed by atoms with Crippen LogP contribution in [0, 0.1) is 20.8 Å². The molecule has 0 aliphatic carbocycles.